The second-order valence-corrected chi connectivity index (χ2v) is 6.66. The molecule has 0 aliphatic carbocycles. The SMILES string of the molecule is CC.CC.CC.CC.CN1CCC(F)(F)CC1.Cc1cccn1C(=O)OC(C)(C)C. The maximum Gasteiger partial charge on any atom is 0.418 e. The maximum absolute atomic E-state index is 12.4. The smallest absolute Gasteiger partial charge is 0.418 e. The largest absolute Gasteiger partial charge is 0.443 e. The van der Waals surface area contributed by atoms with E-state index in [4.69, 9.17) is 4.74 Å². The maximum atomic E-state index is 12.4. The van der Waals surface area contributed by atoms with Gasteiger partial charge in [0.2, 0.25) is 0 Å². The van der Waals surface area contributed by atoms with Crippen molar-refractivity contribution in [2.75, 3.05) is 20.1 Å². The third kappa shape index (κ3) is 19.9. The Bertz CT molecular complexity index is 486. The molecular formula is C24H50F2N2O2. The summed E-state index contributed by atoms with van der Waals surface area (Å²) in [5.74, 6) is -2.38. The lowest BCUT2D eigenvalue weighted by Gasteiger charge is -2.28. The van der Waals surface area contributed by atoms with Gasteiger partial charge in [-0.3, -0.25) is 4.57 Å². The molecule has 1 aliphatic heterocycles. The zero-order valence-electron chi connectivity index (χ0n) is 22.0. The van der Waals surface area contributed by atoms with Gasteiger partial charge in [-0.1, -0.05) is 55.4 Å². The van der Waals surface area contributed by atoms with Crippen molar-refractivity contribution in [3.63, 3.8) is 0 Å². The highest BCUT2D eigenvalue weighted by Gasteiger charge is 2.32. The quantitative estimate of drug-likeness (QED) is 0.413. The lowest BCUT2D eigenvalue weighted by molar-refractivity contribution is -0.0504. The van der Waals surface area contributed by atoms with Gasteiger partial charge in [-0.25, -0.2) is 13.6 Å². The first-order valence-electron chi connectivity index (χ1n) is 11.4. The van der Waals surface area contributed by atoms with E-state index in [1.165, 1.54) is 4.57 Å². The predicted molar refractivity (Wildman–Crippen MR) is 128 cm³/mol. The normalized spacial score (nSPS) is 14.2. The molecule has 2 heterocycles. The minimum absolute atomic E-state index is 0.0312. The van der Waals surface area contributed by atoms with Crippen LogP contribution in [-0.4, -0.2) is 47.2 Å². The molecule has 0 amide bonds. The zero-order valence-corrected chi connectivity index (χ0v) is 22.0. The van der Waals surface area contributed by atoms with Crippen LogP contribution in [0.5, 0.6) is 0 Å². The molecular weight excluding hydrogens is 386 g/mol. The van der Waals surface area contributed by atoms with Crippen molar-refractivity contribution in [2.45, 2.75) is 107 Å². The minimum Gasteiger partial charge on any atom is -0.443 e. The summed E-state index contributed by atoms with van der Waals surface area (Å²) in [6.45, 7) is 24.5. The highest BCUT2D eigenvalue weighted by atomic mass is 19.3. The Morgan fingerprint density at radius 2 is 1.37 bits per heavy atom. The van der Waals surface area contributed by atoms with Gasteiger partial charge in [-0.2, -0.15) is 0 Å². The summed E-state index contributed by atoms with van der Waals surface area (Å²) in [5, 5.41) is 0. The second kappa shape index (κ2) is 20.8. The zero-order chi connectivity index (χ0) is 25.0. The van der Waals surface area contributed by atoms with E-state index in [0.717, 1.165) is 5.69 Å². The molecule has 2 rings (SSSR count). The number of hydrogen-bond acceptors (Lipinski definition) is 3. The average molecular weight is 437 g/mol. The third-order valence-corrected chi connectivity index (χ3v) is 3.26. The second-order valence-electron chi connectivity index (χ2n) is 6.66. The predicted octanol–water partition coefficient (Wildman–Crippen LogP) is 8.03. The Morgan fingerprint density at radius 3 is 1.63 bits per heavy atom. The monoisotopic (exact) mass is 436 g/mol. The first-order chi connectivity index (χ1) is 14.0. The number of likely N-dealkylation sites (tertiary alicyclic amines) is 1. The molecule has 0 spiro atoms. The van der Waals surface area contributed by atoms with Crippen molar-refractivity contribution in [1.29, 1.82) is 0 Å². The molecule has 0 radical (unpaired) electrons. The van der Waals surface area contributed by atoms with Crippen molar-refractivity contribution in [2.24, 2.45) is 0 Å². The van der Waals surface area contributed by atoms with Crippen LogP contribution < -0.4 is 0 Å². The Kier molecular flexibility index (Phi) is 25.0. The molecule has 0 aromatic carbocycles. The van der Waals surface area contributed by atoms with Gasteiger partial charge < -0.3 is 9.64 Å². The fourth-order valence-corrected chi connectivity index (χ4v) is 1.93. The lowest BCUT2D eigenvalue weighted by Crippen LogP contribution is -2.36. The number of piperidine rings is 1. The molecule has 1 saturated heterocycles. The molecule has 0 unspecified atom stereocenters. The molecule has 1 fully saturated rings. The molecule has 4 nitrogen and oxygen atoms in total. The van der Waals surface area contributed by atoms with Gasteiger partial charge in [-0.05, 0) is 46.9 Å². The van der Waals surface area contributed by atoms with E-state index in [-0.39, 0.29) is 18.9 Å². The summed E-state index contributed by atoms with van der Waals surface area (Å²) in [6.07, 6.45) is 1.44. The summed E-state index contributed by atoms with van der Waals surface area (Å²) in [7, 11) is 1.87. The highest BCUT2D eigenvalue weighted by molar-refractivity contribution is 5.71. The molecule has 0 saturated carbocycles. The Balaban J connectivity index is -0.000000174. The number of alkyl halides is 2. The van der Waals surface area contributed by atoms with E-state index in [2.05, 4.69) is 0 Å². The fourth-order valence-electron chi connectivity index (χ4n) is 1.93. The molecule has 30 heavy (non-hydrogen) atoms. The number of carbonyl (C=O) groups is 1. The first-order valence-corrected chi connectivity index (χ1v) is 11.4. The van der Waals surface area contributed by atoms with Gasteiger partial charge in [-0.15, -0.1) is 0 Å². The first kappa shape index (κ1) is 36.0. The van der Waals surface area contributed by atoms with Gasteiger partial charge in [0.1, 0.15) is 5.60 Å². The van der Waals surface area contributed by atoms with Crippen LogP contribution in [0.1, 0.15) is 94.7 Å². The van der Waals surface area contributed by atoms with Crippen LogP contribution in [0.2, 0.25) is 0 Å². The van der Waals surface area contributed by atoms with E-state index < -0.39 is 11.5 Å². The van der Waals surface area contributed by atoms with Crippen molar-refractivity contribution in [3.05, 3.63) is 24.0 Å². The molecule has 0 N–H and O–H groups in total. The lowest BCUT2D eigenvalue weighted by atomic mass is 10.1. The van der Waals surface area contributed by atoms with Crippen molar-refractivity contribution in [3.8, 4) is 0 Å². The van der Waals surface area contributed by atoms with Gasteiger partial charge >= 0.3 is 6.09 Å². The van der Waals surface area contributed by atoms with Crippen molar-refractivity contribution in [1.82, 2.24) is 9.47 Å². The summed E-state index contributed by atoms with van der Waals surface area (Å²) < 4.78 is 31.4. The van der Waals surface area contributed by atoms with Gasteiger partial charge in [0.15, 0.2) is 0 Å². The van der Waals surface area contributed by atoms with E-state index in [9.17, 15) is 13.6 Å². The van der Waals surface area contributed by atoms with E-state index in [1.807, 2.05) is 107 Å². The number of halogens is 2. The standard InChI is InChI=1S/C10H15NO2.C6H11F2N.4C2H6/c1-8-6-5-7-11(8)9(12)13-10(2,3)4;1-9-4-2-6(7,8)3-5-9;4*1-2/h5-7H,1-4H3;2-5H2,1H3;4*1-2H3. The van der Waals surface area contributed by atoms with Crippen LogP contribution in [0.4, 0.5) is 13.6 Å². The number of ether oxygens (including phenoxy) is 1. The molecule has 6 heteroatoms. The van der Waals surface area contributed by atoms with Crippen LogP contribution in [0.15, 0.2) is 18.3 Å². The average Bonchev–Trinajstić information content (AvgIpc) is 3.16. The highest BCUT2D eigenvalue weighted by Crippen LogP contribution is 2.26. The molecule has 1 aromatic rings. The molecule has 0 atom stereocenters. The topological polar surface area (TPSA) is 34.5 Å². The van der Waals surface area contributed by atoms with Crippen LogP contribution in [0.3, 0.4) is 0 Å². The number of carbonyl (C=O) groups excluding carboxylic acids is 1. The van der Waals surface area contributed by atoms with Gasteiger partial charge in [0.05, 0.1) is 0 Å². The summed E-state index contributed by atoms with van der Waals surface area (Å²) in [5.41, 5.74) is 0.447. The Labute approximate surface area is 186 Å². The Morgan fingerprint density at radius 1 is 0.967 bits per heavy atom. The fraction of sp³-hybridized carbons (Fsp3) is 0.792. The number of aromatic nitrogens is 1. The minimum atomic E-state index is -2.38. The molecule has 182 valence electrons. The molecule has 1 aliphatic rings. The van der Waals surface area contributed by atoms with Crippen molar-refractivity contribution >= 4 is 6.09 Å². The summed E-state index contributed by atoms with van der Waals surface area (Å²) in [6, 6.07) is 3.68. The van der Waals surface area contributed by atoms with E-state index in [0.29, 0.717) is 13.1 Å². The van der Waals surface area contributed by atoms with Crippen molar-refractivity contribution < 1.29 is 18.3 Å². The van der Waals surface area contributed by atoms with E-state index >= 15 is 0 Å². The number of rotatable bonds is 0. The summed E-state index contributed by atoms with van der Waals surface area (Å²) in [4.78, 5) is 13.4. The summed E-state index contributed by atoms with van der Waals surface area (Å²) >= 11 is 0. The van der Waals surface area contributed by atoms with Gasteiger partial charge in [0, 0.05) is 37.8 Å². The molecule has 0 bridgehead atoms. The number of aryl methyl sites for hydroxylation is 1. The van der Waals surface area contributed by atoms with Gasteiger partial charge in [0.25, 0.3) is 5.92 Å². The van der Waals surface area contributed by atoms with Crippen LogP contribution in [0.25, 0.3) is 0 Å². The number of hydrogen-bond donors (Lipinski definition) is 0. The van der Waals surface area contributed by atoms with Crippen LogP contribution in [0, 0.1) is 6.92 Å². The van der Waals surface area contributed by atoms with E-state index in [1.54, 1.807) is 6.20 Å². The molecule has 1 aromatic heterocycles. The van der Waals surface area contributed by atoms with Crippen LogP contribution in [-0.2, 0) is 4.74 Å². The van der Waals surface area contributed by atoms with Crippen LogP contribution >= 0.6 is 0 Å². The Hall–Kier alpha value is -1.43. The third-order valence-electron chi connectivity index (χ3n) is 3.26. The number of nitrogens with zero attached hydrogens (tertiary/aromatic N) is 2.